The van der Waals surface area contributed by atoms with E-state index in [1.165, 1.54) is 16.0 Å². The van der Waals surface area contributed by atoms with Gasteiger partial charge in [-0.05, 0) is 72.9 Å². The molecule has 5 rings (SSSR count). The number of carbonyl (C=O) groups is 3. The van der Waals surface area contributed by atoms with Crippen LogP contribution in [0, 0.1) is 17.8 Å². The number of amides is 2. The molecule has 2 N–H and O–H groups in total. The maximum atomic E-state index is 13.6. The summed E-state index contributed by atoms with van der Waals surface area (Å²) in [6, 6.07) is 17.5. The number of fused-ring (bicyclic) bond motifs is 3. The van der Waals surface area contributed by atoms with Crippen LogP contribution in [0.1, 0.15) is 69.4 Å². The molecule has 0 bridgehead atoms. The number of phenolic OH excluding ortho intramolecular Hbond substituents is 1. The Morgan fingerprint density at radius 1 is 1.00 bits per heavy atom. The molecule has 41 heavy (non-hydrogen) atoms. The number of allylic oxidation sites excluding steroid dienone is 2. The number of imide groups is 1. The number of benzene rings is 2. The van der Waals surface area contributed by atoms with Gasteiger partial charge in [-0.15, -0.1) is 0 Å². The zero-order valence-electron chi connectivity index (χ0n) is 23.6. The van der Waals surface area contributed by atoms with Crippen LogP contribution >= 0.6 is 0 Å². The minimum absolute atomic E-state index is 0.0719. The molecule has 0 aromatic heterocycles. The molecular formula is C34H39NO6. The average molecular weight is 558 g/mol. The number of ether oxygens (including phenoxy) is 1. The van der Waals surface area contributed by atoms with E-state index in [2.05, 4.69) is 25.1 Å². The summed E-state index contributed by atoms with van der Waals surface area (Å²) in [6.45, 7) is 2.93. The Morgan fingerprint density at radius 3 is 2.54 bits per heavy atom. The van der Waals surface area contributed by atoms with Crippen molar-refractivity contribution in [1.29, 1.82) is 0 Å². The molecule has 7 nitrogen and oxygen atoms in total. The smallest absolute Gasteiger partial charge is 0.303 e. The Labute approximate surface area is 241 Å². The largest absolute Gasteiger partial charge is 0.508 e. The summed E-state index contributed by atoms with van der Waals surface area (Å²) in [5.74, 6) is -1.52. The van der Waals surface area contributed by atoms with Gasteiger partial charge in [0, 0.05) is 18.9 Å². The second-order valence-corrected chi connectivity index (χ2v) is 11.4. The molecule has 7 heteroatoms. The number of hydrogen-bond acceptors (Lipinski definition) is 5. The lowest BCUT2D eigenvalue weighted by Crippen LogP contribution is -2.34. The number of carboxylic acids is 1. The third kappa shape index (κ3) is 6.30. The number of nitrogens with zero attached hydrogens (tertiary/aromatic N) is 1. The predicted molar refractivity (Wildman–Crippen MR) is 157 cm³/mol. The molecule has 0 saturated carbocycles. The predicted octanol–water partition coefficient (Wildman–Crippen LogP) is 6.08. The van der Waals surface area contributed by atoms with Gasteiger partial charge in [0.15, 0.2) is 0 Å². The first-order chi connectivity index (χ1) is 19.9. The van der Waals surface area contributed by atoms with Gasteiger partial charge in [-0.1, -0.05) is 67.5 Å². The molecule has 2 fully saturated rings. The number of hydrogen-bond donors (Lipinski definition) is 2. The van der Waals surface area contributed by atoms with Crippen molar-refractivity contribution in [3.63, 3.8) is 0 Å². The summed E-state index contributed by atoms with van der Waals surface area (Å²) >= 11 is 0. The van der Waals surface area contributed by atoms with E-state index >= 15 is 0 Å². The number of carboxylic acid groups (broad SMARTS) is 1. The molecule has 1 aliphatic carbocycles. The van der Waals surface area contributed by atoms with Gasteiger partial charge in [0.1, 0.15) is 5.75 Å². The van der Waals surface area contributed by atoms with Crippen molar-refractivity contribution in [2.45, 2.75) is 64.4 Å². The van der Waals surface area contributed by atoms with Crippen molar-refractivity contribution in [1.82, 2.24) is 4.90 Å². The van der Waals surface area contributed by atoms with Crippen LogP contribution in [0.3, 0.4) is 0 Å². The van der Waals surface area contributed by atoms with Crippen molar-refractivity contribution in [2.75, 3.05) is 13.2 Å². The van der Waals surface area contributed by atoms with Gasteiger partial charge < -0.3 is 14.9 Å². The van der Waals surface area contributed by atoms with E-state index in [9.17, 15) is 19.5 Å². The number of likely N-dealkylation sites (tertiary alicyclic amines) is 1. The monoisotopic (exact) mass is 557 g/mol. The van der Waals surface area contributed by atoms with Crippen LogP contribution in [-0.4, -0.2) is 52.2 Å². The summed E-state index contributed by atoms with van der Waals surface area (Å²) < 4.78 is 6.39. The van der Waals surface area contributed by atoms with Gasteiger partial charge in [0.25, 0.3) is 0 Å². The minimum Gasteiger partial charge on any atom is -0.508 e. The summed E-state index contributed by atoms with van der Waals surface area (Å²) in [7, 11) is 0. The Balaban J connectivity index is 1.31. The zero-order chi connectivity index (χ0) is 28.9. The first kappa shape index (κ1) is 28.8. The fourth-order valence-electron chi connectivity index (χ4n) is 6.87. The van der Waals surface area contributed by atoms with Gasteiger partial charge in [0.05, 0.1) is 24.5 Å². The SMILES string of the molecule is CCC1=C2[C@@H](CC/C(=C/c3cccc(O)c3)c3ccccc3)OC[C@@H]2[C@@H]2C(=O)N(CCCCCC(=O)O)C(=O)[C@@H]2C1. The van der Waals surface area contributed by atoms with Gasteiger partial charge >= 0.3 is 5.97 Å². The van der Waals surface area contributed by atoms with E-state index in [0.29, 0.717) is 38.8 Å². The number of phenols is 1. The van der Waals surface area contributed by atoms with Crippen molar-refractivity contribution in [3.8, 4) is 5.75 Å². The molecular weight excluding hydrogens is 518 g/mol. The van der Waals surface area contributed by atoms with E-state index in [4.69, 9.17) is 9.84 Å². The summed E-state index contributed by atoms with van der Waals surface area (Å²) in [6.07, 6.45) is 6.94. The van der Waals surface area contributed by atoms with Crippen LogP contribution in [0.15, 0.2) is 65.7 Å². The summed E-state index contributed by atoms with van der Waals surface area (Å²) in [4.78, 5) is 39.1. The molecule has 0 radical (unpaired) electrons. The topological polar surface area (TPSA) is 104 Å². The van der Waals surface area contributed by atoms with Crippen LogP contribution in [0.25, 0.3) is 11.6 Å². The molecule has 2 amide bonds. The average Bonchev–Trinajstić information content (AvgIpc) is 3.49. The highest BCUT2D eigenvalue weighted by Gasteiger charge is 2.56. The lowest BCUT2D eigenvalue weighted by molar-refractivity contribution is -0.141. The normalized spacial score (nSPS) is 24.1. The molecule has 216 valence electrons. The molecule has 0 unspecified atom stereocenters. The van der Waals surface area contributed by atoms with Crippen molar-refractivity contribution in [3.05, 3.63) is 76.9 Å². The van der Waals surface area contributed by atoms with Gasteiger partial charge in [-0.2, -0.15) is 0 Å². The number of aromatic hydroxyl groups is 1. The van der Waals surface area contributed by atoms with Crippen LogP contribution in [-0.2, 0) is 19.1 Å². The van der Waals surface area contributed by atoms with Crippen LogP contribution < -0.4 is 0 Å². The number of carbonyl (C=O) groups excluding carboxylic acids is 2. The fraction of sp³-hybridized carbons (Fsp3) is 0.441. The maximum Gasteiger partial charge on any atom is 0.303 e. The first-order valence-electron chi connectivity index (χ1n) is 14.8. The van der Waals surface area contributed by atoms with Gasteiger partial charge in [0.2, 0.25) is 11.8 Å². The lowest BCUT2D eigenvalue weighted by Gasteiger charge is -2.31. The molecule has 2 heterocycles. The Bertz CT molecular complexity index is 1350. The number of aliphatic carboxylic acids is 1. The Morgan fingerprint density at radius 2 is 1.80 bits per heavy atom. The first-order valence-corrected chi connectivity index (χ1v) is 14.8. The molecule has 2 aromatic carbocycles. The fourth-order valence-corrected chi connectivity index (χ4v) is 6.87. The molecule has 2 aliphatic heterocycles. The highest BCUT2D eigenvalue weighted by Crippen LogP contribution is 2.50. The molecule has 3 aliphatic rings. The third-order valence-electron chi connectivity index (χ3n) is 8.83. The lowest BCUT2D eigenvalue weighted by atomic mass is 9.69. The quantitative estimate of drug-likeness (QED) is 0.142. The highest BCUT2D eigenvalue weighted by molar-refractivity contribution is 6.06. The van der Waals surface area contributed by atoms with Gasteiger partial charge in [-0.25, -0.2) is 0 Å². The molecule has 2 saturated heterocycles. The van der Waals surface area contributed by atoms with Gasteiger partial charge in [-0.3, -0.25) is 19.3 Å². The van der Waals surface area contributed by atoms with Crippen molar-refractivity contribution >= 4 is 29.4 Å². The maximum absolute atomic E-state index is 13.6. The second kappa shape index (κ2) is 12.9. The molecule has 4 atom stereocenters. The summed E-state index contributed by atoms with van der Waals surface area (Å²) in [5.41, 5.74) is 5.68. The van der Waals surface area contributed by atoms with Crippen molar-refractivity contribution in [2.24, 2.45) is 17.8 Å². The van der Waals surface area contributed by atoms with E-state index in [1.54, 1.807) is 12.1 Å². The zero-order valence-corrected chi connectivity index (χ0v) is 23.6. The second-order valence-electron chi connectivity index (χ2n) is 11.4. The summed E-state index contributed by atoms with van der Waals surface area (Å²) in [5, 5.41) is 18.8. The molecule has 0 spiro atoms. The van der Waals surface area contributed by atoms with Crippen LogP contribution in [0.5, 0.6) is 5.75 Å². The Hall–Kier alpha value is -3.71. The Kier molecular flexibility index (Phi) is 9.03. The highest BCUT2D eigenvalue weighted by atomic mass is 16.5. The minimum atomic E-state index is -0.823. The molecule has 2 aromatic rings. The van der Waals surface area contributed by atoms with E-state index in [0.717, 1.165) is 36.0 Å². The van der Waals surface area contributed by atoms with Crippen LogP contribution in [0.2, 0.25) is 0 Å². The van der Waals surface area contributed by atoms with Crippen molar-refractivity contribution < 1.29 is 29.3 Å². The van der Waals surface area contributed by atoms with Crippen LogP contribution in [0.4, 0.5) is 0 Å². The van der Waals surface area contributed by atoms with E-state index in [1.807, 2.05) is 30.3 Å². The number of rotatable bonds is 12. The van der Waals surface area contributed by atoms with E-state index < -0.39 is 5.97 Å². The number of unbranched alkanes of at least 4 members (excludes halogenated alkanes) is 2. The standard InChI is InChI=1S/C34H39NO6/c1-2-23-20-27-32(34(40)35(33(27)39)17-8-4-7-14-30(37)38)28-21-41-29(31(23)28)16-15-25(24-11-5-3-6-12-24)18-22-10-9-13-26(36)19-22/h3,5-6,9-13,18-19,27-29,32,36H,2,4,7-8,14-17,20-21H2,1H3,(H,37,38)/b25-18-/t27-,28+,29-,32-/m1/s1. The third-order valence-corrected chi connectivity index (χ3v) is 8.83. The van der Waals surface area contributed by atoms with E-state index in [-0.39, 0.29) is 47.8 Å².